The molecule has 10 heteroatoms. The standard InChI is InChI=1S/C24H23F2N7O/c1-11-12(2)28-24-20(27-11)19(16-6-5-15(25)10-17(16)26)29-21(30-24)14-7-8-34-18(9-14)23-31-22(32-33-23)13-3-4-13/h5-6,10,13-14,18H,3-4,7-9H2,1-2H3,(H,31,32,33)/t14-,18-/m0/s1. The molecule has 8 nitrogen and oxygen atoms in total. The number of ether oxygens (including phenoxy) is 1. The highest BCUT2D eigenvalue weighted by Gasteiger charge is 2.33. The molecule has 0 radical (unpaired) electrons. The Bertz CT molecular complexity index is 1400. The summed E-state index contributed by atoms with van der Waals surface area (Å²) in [4.78, 5) is 23.3. The predicted octanol–water partition coefficient (Wildman–Crippen LogP) is 4.61. The maximum absolute atomic E-state index is 14.8. The van der Waals surface area contributed by atoms with Gasteiger partial charge in [-0.15, -0.1) is 0 Å². The Hall–Kier alpha value is -3.40. The first-order valence-electron chi connectivity index (χ1n) is 11.5. The lowest BCUT2D eigenvalue weighted by Gasteiger charge is -2.27. The lowest BCUT2D eigenvalue weighted by atomic mass is 9.94. The number of rotatable bonds is 4. The van der Waals surface area contributed by atoms with Crippen LogP contribution >= 0.6 is 0 Å². The molecule has 34 heavy (non-hydrogen) atoms. The SMILES string of the molecule is Cc1nc2nc([C@H]3CCO[C@H](c4nc(C5CC5)n[nH]4)C3)nc(-c3ccc(F)cc3F)c2nc1C. The fraction of sp³-hybridized carbons (Fsp3) is 0.417. The summed E-state index contributed by atoms with van der Waals surface area (Å²) in [6, 6.07) is 3.45. The molecule has 174 valence electrons. The second-order valence-electron chi connectivity index (χ2n) is 9.06. The number of hydrogen-bond acceptors (Lipinski definition) is 7. The number of benzene rings is 1. The molecule has 2 atom stereocenters. The maximum Gasteiger partial charge on any atom is 0.182 e. The first-order valence-corrected chi connectivity index (χ1v) is 11.5. The zero-order chi connectivity index (χ0) is 23.4. The summed E-state index contributed by atoms with van der Waals surface area (Å²) in [5, 5.41) is 7.37. The third kappa shape index (κ3) is 3.81. The van der Waals surface area contributed by atoms with Crippen LogP contribution in [0.25, 0.3) is 22.4 Å². The lowest BCUT2D eigenvalue weighted by Crippen LogP contribution is -2.21. The van der Waals surface area contributed by atoms with Crippen molar-refractivity contribution in [3.63, 3.8) is 0 Å². The van der Waals surface area contributed by atoms with Gasteiger partial charge in [-0.3, -0.25) is 5.10 Å². The van der Waals surface area contributed by atoms with Gasteiger partial charge in [0.1, 0.15) is 34.8 Å². The summed E-state index contributed by atoms with van der Waals surface area (Å²) < 4.78 is 34.4. The van der Waals surface area contributed by atoms with Gasteiger partial charge in [-0.25, -0.2) is 33.7 Å². The number of H-pyrrole nitrogens is 1. The number of hydrogen-bond donors (Lipinski definition) is 1. The molecule has 0 amide bonds. The summed E-state index contributed by atoms with van der Waals surface area (Å²) in [6.45, 7) is 4.19. The molecule has 1 saturated heterocycles. The van der Waals surface area contributed by atoms with Crippen LogP contribution in [0.15, 0.2) is 18.2 Å². The first-order chi connectivity index (χ1) is 16.5. The smallest absolute Gasteiger partial charge is 0.182 e. The second-order valence-corrected chi connectivity index (χ2v) is 9.06. The van der Waals surface area contributed by atoms with Crippen molar-refractivity contribution in [3.8, 4) is 11.3 Å². The van der Waals surface area contributed by atoms with Crippen molar-refractivity contribution >= 4 is 11.2 Å². The minimum absolute atomic E-state index is 0.0525. The van der Waals surface area contributed by atoms with Gasteiger partial charge >= 0.3 is 0 Å². The van der Waals surface area contributed by atoms with Crippen LogP contribution in [0.5, 0.6) is 0 Å². The normalized spacial score (nSPS) is 20.7. The molecule has 1 saturated carbocycles. The van der Waals surface area contributed by atoms with E-state index in [1.807, 2.05) is 13.8 Å². The van der Waals surface area contributed by atoms with Gasteiger partial charge in [0, 0.05) is 30.1 Å². The van der Waals surface area contributed by atoms with E-state index < -0.39 is 11.6 Å². The number of aryl methyl sites for hydroxylation is 2. The Morgan fingerprint density at radius 2 is 1.74 bits per heavy atom. The molecule has 4 aromatic rings. The number of aromatic amines is 1. The maximum atomic E-state index is 14.8. The average molecular weight is 463 g/mol. The molecule has 0 bridgehead atoms. The van der Waals surface area contributed by atoms with Crippen molar-refractivity contribution in [2.24, 2.45) is 0 Å². The van der Waals surface area contributed by atoms with E-state index in [1.54, 1.807) is 0 Å². The number of fused-ring (bicyclic) bond motifs is 1. The average Bonchev–Trinajstić information content (AvgIpc) is 3.56. The van der Waals surface area contributed by atoms with E-state index in [9.17, 15) is 8.78 Å². The molecule has 6 rings (SSSR count). The molecule has 1 aliphatic carbocycles. The molecule has 0 spiro atoms. The summed E-state index contributed by atoms with van der Waals surface area (Å²) in [7, 11) is 0. The van der Waals surface area contributed by atoms with Gasteiger partial charge in [0.05, 0.1) is 11.4 Å². The minimum Gasteiger partial charge on any atom is -0.370 e. The Labute approximate surface area is 194 Å². The molecule has 4 heterocycles. The Balaban J connectivity index is 1.41. The monoisotopic (exact) mass is 463 g/mol. The Morgan fingerprint density at radius 1 is 0.912 bits per heavy atom. The fourth-order valence-electron chi connectivity index (χ4n) is 4.36. The summed E-state index contributed by atoms with van der Waals surface area (Å²) in [6.07, 6.45) is 3.30. The number of nitrogens with one attached hydrogen (secondary N) is 1. The van der Waals surface area contributed by atoms with Gasteiger partial charge in [-0.2, -0.15) is 5.10 Å². The van der Waals surface area contributed by atoms with E-state index in [0.717, 1.165) is 30.4 Å². The van der Waals surface area contributed by atoms with Crippen LogP contribution in [0.2, 0.25) is 0 Å². The van der Waals surface area contributed by atoms with Crippen molar-refractivity contribution in [3.05, 3.63) is 58.7 Å². The van der Waals surface area contributed by atoms with Crippen LogP contribution in [0, 0.1) is 25.5 Å². The van der Waals surface area contributed by atoms with E-state index in [4.69, 9.17) is 14.7 Å². The van der Waals surface area contributed by atoms with Gasteiger partial charge < -0.3 is 4.74 Å². The van der Waals surface area contributed by atoms with Gasteiger partial charge in [0.2, 0.25) is 0 Å². The molecule has 1 aliphatic heterocycles. The van der Waals surface area contributed by atoms with Crippen LogP contribution in [-0.2, 0) is 4.74 Å². The lowest BCUT2D eigenvalue weighted by molar-refractivity contribution is -0.00108. The predicted molar refractivity (Wildman–Crippen MR) is 119 cm³/mol. The topological polar surface area (TPSA) is 102 Å². The van der Waals surface area contributed by atoms with Crippen LogP contribution in [0.3, 0.4) is 0 Å². The zero-order valence-electron chi connectivity index (χ0n) is 18.8. The van der Waals surface area contributed by atoms with Crippen molar-refractivity contribution in [1.29, 1.82) is 0 Å². The molecule has 1 N–H and O–H groups in total. The minimum atomic E-state index is -0.704. The van der Waals surface area contributed by atoms with Gasteiger partial charge in [-0.1, -0.05) is 0 Å². The van der Waals surface area contributed by atoms with Crippen LogP contribution < -0.4 is 0 Å². The molecule has 0 unspecified atom stereocenters. The van der Waals surface area contributed by atoms with E-state index in [-0.39, 0.29) is 17.6 Å². The third-order valence-electron chi connectivity index (χ3n) is 6.56. The number of nitrogens with zero attached hydrogens (tertiary/aromatic N) is 6. The van der Waals surface area contributed by atoms with E-state index in [1.165, 1.54) is 12.1 Å². The zero-order valence-corrected chi connectivity index (χ0v) is 18.8. The van der Waals surface area contributed by atoms with Crippen LogP contribution in [-0.4, -0.2) is 41.7 Å². The second kappa shape index (κ2) is 8.12. The van der Waals surface area contributed by atoms with Gasteiger partial charge in [0.15, 0.2) is 17.3 Å². The molecular formula is C24H23F2N7O. The van der Waals surface area contributed by atoms with Crippen LogP contribution in [0.1, 0.15) is 72.5 Å². The van der Waals surface area contributed by atoms with Gasteiger partial charge in [0.25, 0.3) is 0 Å². The van der Waals surface area contributed by atoms with E-state index in [0.29, 0.717) is 59.6 Å². The highest BCUT2D eigenvalue weighted by atomic mass is 19.1. The molecule has 3 aromatic heterocycles. The van der Waals surface area contributed by atoms with E-state index in [2.05, 4.69) is 25.1 Å². The van der Waals surface area contributed by atoms with Crippen molar-refractivity contribution < 1.29 is 13.5 Å². The third-order valence-corrected chi connectivity index (χ3v) is 6.56. The van der Waals surface area contributed by atoms with Crippen LogP contribution in [0.4, 0.5) is 8.78 Å². The summed E-state index contributed by atoms with van der Waals surface area (Å²) >= 11 is 0. The van der Waals surface area contributed by atoms with Crippen molar-refractivity contribution in [2.75, 3.05) is 6.61 Å². The number of halogens is 2. The Morgan fingerprint density at radius 3 is 2.53 bits per heavy atom. The Kier molecular flexibility index (Phi) is 5.05. The molecule has 2 fully saturated rings. The van der Waals surface area contributed by atoms with Crippen molar-refractivity contribution in [1.82, 2.24) is 35.1 Å². The highest BCUT2D eigenvalue weighted by Crippen LogP contribution is 2.40. The van der Waals surface area contributed by atoms with Gasteiger partial charge in [-0.05, 0) is 51.7 Å². The largest absolute Gasteiger partial charge is 0.370 e. The molecular weight excluding hydrogens is 440 g/mol. The fourth-order valence-corrected chi connectivity index (χ4v) is 4.36. The summed E-state index contributed by atoms with van der Waals surface area (Å²) in [5.41, 5.74) is 2.71. The van der Waals surface area contributed by atoms with E-state index >= 15 is 0 Å². The molecule has 1 aromatic carbocycles. The number of aromatic nitrogens is 7. The summed E-state index contributed by atoms with van der Waals surface area (Å²) in [5.74, 6) is 1.14. The highest BCUT2D eigenvalue weighted by molar-refractivity contribution is 5.87. The molecule has 2 aliphatic rings. The first kappa shape index (κ1) is 21.2. The quantitative estimate of drug-likeness (QED) is 0.471. The van der Waals surface area contributed by atoms with Crippen molar-refractivity contribution in [2.45, 2.75) is 57.5 Å².